The molecule has 0 aromatic heterocycles. The Hall–Kier alpha value is -2.83. The largest absolute Gasteiger partial charge is 0.416 e. The number of aryl methyl sites for hydroxylation is 1. The van der Waals surface area contributed by atoms with Crippen molar-refractivity contribution in [1.82, 2.24) is 10.2 Å². The van der Waals surface area contributed by atoms with Crippen LogP contribution in [0.3, 0.4) is 0 Å². The second-order valence-corrected chi connectivity index (χ2v) is 6.89. The maximum atomic E-state index is 13.3. The van der Waals surface area contributed by atoms with Crippen molar-refractivity contribution in [3.8, 4) is 0 Å². The fraction of sp³-hybridized carbons (Fsp3) is 0.300. The predicted octanol–water partition coefficient (Wildman–Crippen LogP) is 3.99. The molecule has 0 radical (unpaired) electrons. The van der Waals surface area contributed by atoms with E-state index >= 15 is 0 Å². The summed E-state index contributed by atoms with van der Waals surface area (Å²) in [5.74, 6) is -0.489. The summed E-state index contributed by atoms with van der Waals surface area (Å²) < 4.78 is 39.8. The quantitative estimate of drug-likeness (QED) is 0.808. The molecule has 4 nitrogen and oxygen atoms in total. The Morgan fingerprint density at radius 3 is 2.52 bits per heavy atom. The van der Waals surface area contributed by atoms with E-state index in [-0.39, 0.29) is 5.56 Å². The molecule has 27 heavy (non-hydrogen) atoms. The molecule has 1 heterocycles. The maximum Gasteiger partial charge on any atom is 0.416 e. The average Bonchev–Trinajstić information content (AvgIpc) is 2.87. The highest BCUT2D eigenvalue weighted by Gasteiger charge is 2.54. The van der Waals surface area contributed by atoms with Gasteiger partial charge in [-0.3, -0.25) is 9.69 Å². The number of alkyl halides is 3. The van der Waals surface area contributed by atoms with Gasteiger partial charge in [-0.25, -0.2) is 4.79 Å². The molecule has 2 aliphatic rings. The van der Waals surface area contributed by atoms with Gasteiger partial charge in [0.15, 0.2) is 0 Å². The number of fused-ring (bicyclic) bond motifs is 2. The van der Waals surface area contributed by atoms with Gasteiger partial charge in [0.05, 0.1) is 12.1 Å². The zero-order chi connectivity index (χ0) is 19.2. The van der Waals surface area contributed by atoms with Crippen LogP contribution >= 0.6 is 0 Å². The number of carbonyl (C=O) groups is 2. The Morgan fingerprint density at radius 1 is 1.04 bits per heavy atom. The lowest BCUT2D eigenvalue weighted by Gasteiger charge is -2.33. The number of halogens is 3. The molecule has 1 fully saturated rings. The smallest absolute Gasteiger partial charge is 0.319 e. The number of carbonyl (C=O) groups excluding carboxylic acids is 2. The summed E-state index contributed by atoms with van der Waals surface area (Å²) >= 11 is 0. The third-order valence-electron chi connectivity index (χ3n) is 5.30. The van der Waals surface area contributed by atoms with Gasteiger partial charge in [-0.05, 0) is 42.0 Å². The van der Waals surface area contributed by atoms with Crippen LogP contribution in [0.2, 0.25) is 0 Å². The molecule has 1 aliphatic heterocycles. The van der Waals surface area contributed by atoms with Gasteiger partial charge in [-0.1, -0.05) is 42.5 Å². The van der Waals surface area contributed by atoms with Crippen LogP contribution < -0.4 is 5.32 Å². The minimum absolute atomic E-state index is 0.102. The van der Waals surface area contributed by atoms with Crippen LogP contribution in [0.15, 0.2) is 48.5 Å². The lowest BCUT2D eigenvalue weighted by atomic mass is 9.76. The Balaban J connectivity index is 1.71. The number of urea groups is 1. The van der Waals surface area contributed by atoms with E-state index in [1.807, 2.05) is 12.1 Å². The first-order valence-corrected chi connectivity index (χ1v) is 8.70. The number of nitrogens with zero attached hydrogens (tertiary/aromatic N) is 1. The van der Waals surface area contributed by atoms with Crippen LogP contribution in [-0.2, 0) is 29.5 Å². The van der Waals surface area contributed by atoms with E-state index in [1.165, 1.54) is 18.2 Å². The SMILES string of the molecule is O=C1NC2(CCCc3ccccc32)C(=O)N1Cc1ccccc1C(F)(F)F. The fourth-order valence-electron chi connectivity index (χ4n) is 4.06. The van der Waals surface area contributed by atoms with Crippen LogP contribution in [-0.4, -0.2) is 16.8 Å². The van der Waals surface area contributed by atoms with Gasteiger partial charge in [0.25, 0.3) is 5.91 Å². The molecule has 2 aromatic rings. The van der Waals surface area contributed by atoms with Gasteiger partial charge in [-0.15, -0.1) is 0 Å². The van der Waals surface area contributed by atoms with Crippen molar-refractivity contribution < 1.29 is 22.8 Å². The molecule has 1 N–H and O–H groups in total. The van der Waals surface area contributed by atoms with E-state index in [0.717, 1.165) is 34.9 Å². The molecule has 4 rings (SSSR count). The molecule has 1 unspecified atom stereocenters. The number of imide groups is 1. The highest BCUT2D eigenvalue weighted by atomic mass is 19.4. The molecule has 2 aromatic carbocycles. The van der Waals surface area contributed by atoms with Crippen LogP contribution in [0.1, 0.15) is 35.1 Å². The maximum absolute atomic E-state index is 13.3. The standard InChI is InChI=1S/C20H17F3N2O2/c21-20(22,23)16-10-4-2-7-14(16)12-25-17(26)19(24-18(25)27)11-5-8-13-6-1-3-9-15(13)19/h1-4,6-7,9-10H,5,8,11-12H2,(H,24,27). The number of hydrogen-bond donors (Lipinski definition) is 1. The molecule has 1 aliphatic carbocycles. The van der Waals surface area contributed by atoms with Gasteiger partial charge >= 0.3 is 12.2 Å². The number of hydrogen-bond acceptors (Lipinski definition) is 2. The molecular weight excluding hydrogens is 357 g/mol. The topological polar surface area (TPSA) is 49.4 Å². The molecule has 1 spiro atoms. The molecule has 7 heteroatoms. The number of rotatable bonds is 2. The van der Waals surface area contributed by atoms with Crippen molar-refractivity contribution in [2.24, 2.45) is 0 Å². The number of benzene rings is 2. The van der Waals surface area contributed by atoms with E-state index in [1.54, 1.807) is 12.1 Å². The average molecular weight is 374 g/mol. The van der Waals surface area contributed by atoms with Gasteiger partial charge in [-0.2, -0.15) is 13.2 Å². The van der Waals surface area contributed by atoms with Gasteiger partial charge in [0.1, 0.15) is 5.54 Å². The highest BCUT2D eigenvalue weighted by molar-refractivity contribution is 6.07. The lowest BCUT2D eigenvalue weighted by molar-refractivity contribution is -0.139. The van der Waals surface area contributed by atoms with Gasteiger partial charge in [0, 0.05) is 0 Å². The Bertz CT molecular complexity index is 925. The first-order chi connectivity index (χ1) is 12.8. The molecule has 140 valence electrons. The first-order valence-electron chi connectivity index (χ1n) is 8.70. The van der Waals surface area contributed by atoms with Crippen LogP contribution in [0.5, 0.6) is 0 Å². The summed E-state index contributed by atoms with van der Waals surface area (Å²) in [6.45, 7) is -0.412. The summed E-state index contributed by atoms with van der Waals surface area (Å²) in [6.07, 6.45) is -2.59. The van der Waals surface area contributed by atoms with Crippen molar-refractivity contribution in [2.75, 3.05) is 0 Å². The summed E-state index contributed by atoms with van der Waals surface area (Å²) in [4.78, 5) is 26.6. The molecule has 1 saturated heterocycles. The Labute approximate surface area is 154 Å². The van der Waals surface area contributed by atoms with Crippen LogP contribution in [0.25, 0.3) is 0 Å². The zero-order valence-corrected chi connectivity index (χ0v) is 14.3. The Kier molecular flexibility index (Phi) is 3.98. The zero-order valence-electron chi connectivity index (χ0n) is 14.3. The normalized spacial score (nSPS) is 22.1. The van der Waals surface area contributed by atoms with Crippen molar-refractivity contribution in [3.05, 3.63) is 70.8 Å². The van der Waals surface area contributed by atoms with E-state index in [9.17, 15) is 22.8 Å². The third kappa shape index (κ3) is 2.78. The number of nitrogens with one attached hydrogen (secondary N) is 1. The third-order valence-corrected chi connectivity index (χ3v) is 5.30. The molecule has 0 saturated carbocycles. The van der Waals surface area contributed by atoms with E-state index in [0.29, 0.717) is 6.42 Å². The van der Waals surface area contributed by atoms with Gasteiger partial charge < -0.3 is 5.32 Å². The van der Waals surface area contributed by atoms with Crippen LogP contribution in [0, 0.1) is 0 Å². The van der Waals surface area contributed by atoms with E-state index in [2.05, 4.69) is 5.32 Å². The fourth-order valence-corrected chi connectivity index (χ4v) is 4.06. The molecule has 3 amide bonds. The van der Waals surface area contributed by atoms with Gasteiger partial charge in [0.2, 0.25) is 0 Å². The second kappa shape index (κ2) is 6.11. The van der Waals surface area contributed by atoms with Crippen molar-refractivity contribution in [2.45, 2.75) is 37.5 Å². The van der Waals surface area contributed by atoms with Crippen molar-refractivity contribution in [3.63, 3.8) is 0 Å². The summed E-state index contributed by atoms with van der Waals surface area (Å²) in [5, 5.41) is 2.76. The monoisotopic (exact) mass is 374 g/mol. The van der Waals surface area contributed by atoms with Crippen LogP contribution in [0.4, 0.5) is 18.0 Å². The predicted molar refractivity (Wildman–Crippen MR) is 91.6 cm³/mol. The Morgan fingerprint density at radius 2 is 1.74 bits per heavy atom. The summed E-state index contributed by atoms with van der Waals surface area (Å²) in [6, 6.07) is 11.7. The lowest BCUT2D eigenvalue weighted by Crippen LogP contribution is -2.46. The molecule has 1 atom stereocenters. The van der Waals surface area contributed by atoms with Crippen molar-refractivity contribution >= 4 is 11.9 Å². The minimum atomic E-state index is -4.55. The summed E-state index contributed by atoms with van der Waals surface area (Å²) in [7, 11) is 0. The second-order valence-electron chi connectivity index (χ2n) is 6.89. The highest BCUT2D eigenvalue weighted by Crippen LogP contribution is 2.41. The van der Waals surface area contributed by atoms with E-state index in [4.69, 9.17) is 0 Å². The summed E-state index contributed by atoms with van der Waals surface area (Å²) in [5.41, 5.74) is -0.402. The van der Waals surface area contributed by atoms with Crippen molar-refractivity contribution in [1.29, 1.82) is 0 Å². The number of amides is 3. The minimum Gasteiger partial charge on any atom is -0.319 e. The first kappa shape index (κ1) is 17.6. The van der Waals surface area contributed by atoms with E-state index < -0.39 is 35.8 Å². The molecular formula is C20H17F3N2O2. The molecule has 0 bridgehead atoms.